The first-order valence-electron chi connectivity index (χ1n) is 8.00. The second-order valence-electron chi connectivity index (χ2n) is 6.25. The van der Waals surface area contributed by atoms with Crippen LogP contribution in [-0.2, 0) is 0 Å². The van der Waals surface area contributed by atoms with E-state index >= 15 is 0 Å². The Labute approximate surface area is 140 Å². The van der Waals surface area contributed by atoms with Gasteiger partial charge in [-0.05, 0) is 56.3 Å². The van der Waals surface area contributed by atoms with Crippen molar-refractivity contribution in [2.24, 2.45) is 0 Å². The van der Waals surface area contributed by atoms with E-state index in [1.807, 2.05) is 55.5 Å². The molecule has 0 amide bonds. The van der Waals surface area contributed by atoms with Gasteiger partial charge in [-0.3, -0.25) is 4.79 Å². The number of aryl methyl sites for hydroxylation is 2. The first-order chi connectivity index (χ1) is 11.6. The average Bonchev–Trinajstić information content (AvgIpc) is 2.58. The van der Waals surface area contributed by atoms with E-state index in [1.165, 1.54) is 5.56 Å². The van der Waals surface area contributed by atoms with Crippen molar-refractivity contribution < 1.29 is 0 Å². The van der Waals surface area contributed by atoms with Crippen LogP contribution in [0.15, 0.2) is 65.5 Å². The Morgan fingerprint density at radius 2 is 1.29 bits per heavy atom. The normalized spacial score (nSPS) is 11.1. The van der Waals surface area contributed by atoms with Crippen LogP contribution < -0.4 is 10.7 Å². The van der Waals surface area contributed by atoms with Gasteiger partial charge in [-0.2, -0.15) is 0 Å². The zero-order valence-electron chi connectivity index (χ0n) is 13.7. The summed E-state index contributed by atoms with van der Waals surface area (Å²) in [4.78, 5) is 16.2. The Kier molecular flexibility index (Phi) is 3.35. The smallest absolute Gasteiger partial charge is 0.197 e. The Morgan fingerprint density at radius 1 is 0.708 bits per heavy atom. The topological polar surface area (TPSA) is 44.9 Å². The number of rotatable bonds is 2. The molecule has 3 nitrogen and oxygen atoms in total. The van der Waals surface area contributed by atoms with E-state index in [0.717, 1.165) is 33.4 Å². The first-order valence-corrected chi connectivity index (χ1v) is 8.00. The predicted molar refractivity (Wildman–Crippen MR) is 101 cm³/mol. The second-order valence-corrected chi connectivity index (χ2v) is 6.25. The number of anilines is 2. The minimum atomic E-state index is 0.0648. The summed E-state index contributed by atoms with van der Waals surface area (Å²) in [7, 11) is 0. The molecule has 0 unspecified atom stereocenters. The molecule has 0 saturated heterocycles. The van der Waals surface area contributed by atoms with Crippen molar-refractivity contribution in [2.75, 3.05) is 5.32 Å². The summed E-state index contributed by atoms with van der Waals surface area (Å²) in [6.45, 7) is 4.06. The van der Waals surface area contributed by atoms with Crippen LogP contribution in [0, 0.1) is 13.8 Å². The first kappa shape index (κ1) is 14.5. The van der Waals surface area contributed by atoms with Crippen molar-refractivity contribution in [3.05, 3.63) is 82.0 Å². The number of H-pyrrole nitrogens is 1. The maximum absolute atomic E-state index is 12.8. The number of hydrogen-bond acceptors (Lipinski definition) is 2. The fourth-order valence-corrected chi connectivity index (χ4v) is 2.97. The molecule has 3 aromatic carbocycles. The lowest BCUT2D eigenvalue weighted by Gasteiger charge is -2.09. The quantitative estimate of drug-likeness (QED) is 0.509. The largest absolute Gasteiger partial charge is 0.356 e. The highest BCUT2D eigenvalue weighted by atomic mass is 16.1. The highest BCUT2D eigenvalue weighted by Gasteiger charge is 2.07. The molecule has 118 valence electrons. The summed E-state index contributed by atoms with van der Waals surface area (Å²) in [6, 6.07) is 20.0. The lowest BCUT2D eigenvalue weighted by molar-refractivity contribution is 1.43. The van der Waals surface area contributed by atoms with Gasteiger partial charge in [0, 0.05) is 33.2 Å². The molecule has 4 rings (SSSR count). The lowest BCUT2D eigenvalue weighted by atomic mass is 10.1. The van der Waals surface area contributed by atoms with Crippen molar-refractivity contribution >= 4 is 33.2 Å². The van der Waals surface area contributed by atoms with Gasteiger partial charge in [0.25, 0.3) is 0 Å². The Hall–Kier alpha value is -3.07. The third-order valence-corrected chi connectivity index (χ3v) is 4.29. The number of aromatic amines is 1. The summed E-state index contributed by atoms with van der Waals surface area (Å²) in [5.41, 5.74) is 6.01. The summed E-state index contributed by atoms with van der Waals surface area (Å²) in [5, 5.41) is 4.79. The monoisotopic (exact) mass is 314 g/mol. The Bertz CT molecular complexity index is 1110. The van der Waals surface area contributed by atoms with E-state index in [4.69, 9.17) is 0 Å². The SMILES string of the molecule is Cc1ccc(Nc2ccc3[nH]c4ccc(C)cc4c(=O)c3c2)cc1. The average molecular weight is 314 g/mol. The number of nitrogens with one attached hydrogen (secondary N) is 2. The maximum Gasteiger partial charge on any atom is 0.197 e. The molecule has 2 N–H and O–H groups in total. The number of aromatic nitrogens is 1. The van der Waals surface area contributed by atoms with Crippen LogP contribution in [0.3, 0.4) is 0 Å². The fraction of sp³-hybridized carbons (Fsp3) is 0.0952. The van der Waals surface area contributed by atoms with Gasteiger partial charge >= 0.3 is 0 Å². The zero-order chi connectivity index (χ0) is 16.7. The fourth-order valence-electron chi connectivity index (χ4n) is 2.97. The molecule has 0 atom stereocenters. The van der Waals surface area contributed by atoms with Crippen LogP contribution in [0.4, 0.5) is 11.4 Å². The molecular formula is C21H18N2O. The van der Waals surface area contributed by atoms with Crippen LogP contribution >= 0.6 is 0 Å². The lowest BCUT2D eigenvalue weighted by Crippen LogP contribution is -2.05. The van der Waals surface area contributed by atoms with Crippen LogP contribution in [0.2, 0.25) is 0 Å². The molecule has 4 aromatic rings. The summed E-state index contributed by atoms with van der Waals surface area (Å²) >= 11 is 0. The molecule has 0 aliphatic rings. The summed E-state index contributed by atoms with van der Waals surface area (Å²) in [5.74, 6) is 0. The summed E-state index contributed by atoms with van der Waals surface area (Å²) < 4.78 is 0. The van der Waals surface area contributed by atoms with Gasteiger partial charge in [-0.25, -0.2) is 0 Å². The summed E-state index contributed by atoms with van der Waals surface area (Å²) in [6.07, 6.45) is 0. The van der Waals surface area contributed by atoms with Crippen molar-refractivity contribution in [3.63, 3.8) is 0 Å². The van der Waals surface area contributed by atoms with Gasteiger partial charge in [0.1, 0.15) is 0 Å². The van der Waals surface area contributed by atoms with Crippen LogP contribution in [-0.4, -0.2) is 4.98 Å². The molecule has 0 saturated carbocycles. The molecule has 24 heavy (non-hydrogen) atoms. The van der Waals surface area contributed by atoms with Crippen molar-refractivity contribution in [2.45, 2.75) is 13.8 Å². The van der Waals surface area contributed by atoms with Crippen LogP contribution in [0.25, 0.3) is 21.8 Å². The van der Waals surface area contributed by atoms with E-state index in [9.17, 15) is 4.79 Å². The van der Waals surface area contributed by atoms with Gasteiger partial charge in [0.15, 0.2) is 5.43 Å². The standard InChI is InChI=1S/C21H18N2O/c1-13-3-6-15(7-4-13)22-16-8-10-20-18(12-16)21(24)17-11-14(2)5-9-19(17)23-20/h3-12,22H,1-2H3,(H,23,24). The van der Waals surface area contributed by atoms with E-state index in [2.05, 4.69) is 29.4 Å². The molecule has 1 heterocycles. The highest BCUT2D eigenvalue weighted by molar-refractivity contribution is 5.94. The Morgan fingerprint density at radius 3 is 2.04 bits per heavy atom. The van der Waals surface area contributed by atoms with E-state index < -0.39 is 0 Å². The molecule has 0 bridgehead atoms. The van der Waals surface area contributed by atoms with Crippen molar-refractivity contribution in [1.82, 2.24) is 4.98 Å². The molecular weight excluding hydrogens is 296 g/mol. The molecule has 0 fully saturated rings. The van der Waals surface area contributed by atoms with Crippen molar-refractivity contribution in [3.8, 4) is 0 Å². The van der Waals surface area contributed by atoms with Gasteiger partial charge in [-0.15, -0.1) is 0 Å². The van der Waals surface area contributed by atoms with E-state index in [0.29, 0.717) is 5.39 Å². The molecule has 0 radical (unpaired) electrons. The third-order valence-electron chi connectivity index (χ3n) is 4.29. The van der Waals surface area contributed by atoms with Gasteiger partial charge in [-0.1, -0.05) is 29.3 Å². The molecule has 0 spiro atoms. The van der Waals surface area contributed by atoms with Gasteiger partial charge in [0.05, 0.1) is 0 Å². The highest BCUT2D eigenvalue weighted by Crippen LogP contribution is 2.22. The number of benzene rings is 3. The Balaban J connectivity index is 1.84. The molecule has 1 aromatic heterocycles. The van der Waals surface area contributed by atoms with E-state index in [-0.39, 0.29) is 5.43 Å². The minimum Gasteiger partial charge on any atom is -0.356 e. The maximum atomic E-state index is 12.8. The van der Waals surface area contributed by atoms with Gasteiger partial charge in [0.2, 0.25) is 0 Å². The molecule has 0 aliphatic carbocycles. The molecule has 3 heteroatoms. The van der Waals surface area contributed by atoms with Crippen molar-refractivity contribution in [1.29, 1.82) is 0 Å². The molecule has 0 aliphatic heterocycles. The minimum absolute atomic E-state index is 0.0648. The van der Waals surface area contributed by atoms with E-state index in [1.54, 1.807) is 0 Å². The second kappa shape index (κ2) is 5.53. The number of pyridine rings is 1. The third kappa shape index (κ3) is 2.54. The number of fused-ring (bicyclic) bond motifs is 2. The predicted octanol–water partition coefficient (Wildman–Crippen LogP) is 5.04. The number of hydrogen-bond donors (Lipinski definition) is 2. The van der Waals surface area contributed by atoms with Gasteiger partial charge < -0.3 is 10.3 Å². The van der Waals surface area contributed by atoms with Crippen LogP contribution in [0.5, 0.6) is 0 Å². The zero-order valence-corrected chi connectivity index (χ0v) is 13.7. The van der Waals surface area contributed by atoms with Crippen LogP contribution in [0.1, 0.15) is 11.1 Å².